The highest BCUT2D eigenvalue weighted by molar-refractivity contribution is 5.78. The fourth-order valence-electron chi connectivity index (χ4n) is 3.46. The Labute approximate surface area is 185 Å². The third-order valence-corrected chi connectivity index (χ3v) is 5.08. The van der Waals surface area contributed by atoms with Crippen molar-refractivity contribution in [1.29, 1.82) is 0 Å². The third-order valence-electron chi connectivity index (χ3n) is 5.08. The first-order valence-electron chi connectivity index (χ1n) is 10.9. The number of hydrogen-bond donors (Lipinski definition) is 0. The van der Waals surface area contributed by atoms with E-state index in [0.717, 1.165) is 54.3 Å². The molecule has 0 bridgehead atoms. The summed E-state index contributed by atoms with van der Waals surface area (Å²) in [4.78, 5) is 16.2. The van der Waals surface area contributed by atoms with E-state index in [1.54, 1.807) is 13.3 Å². The molecular weight excluding hydrogens is 384 g/mol. The molecule has 162 valence electrons. The smallest absolute Gasteiger partial charge is 0.148 e. The third kappa shape index (κ3) is 6.46. The van der Waals surface area contributed by atoms with Gasteiger partial charge in [0, 0.05) is 43.6 Å². The van der Waals surface area contributed by atoms with Crippen molar-refractivity contribution in [2.24, 2.45) is 4.99 Å². The van der Waals surface area contributed by atoms with E-state index in [2.05, 4.69) is 48.0 Å². The number of anilines is 1. The Morgan fingerprint density at radius 1 is 0.935 bits per heavy atom. The van der Waals surface area contributed by atoms with Crippen molar-refractivity contribution < 1.29 is 4.74 Å². The highest BCUT2D eigenvalue weighted by atomic mass is 16.5. The molecule has 1 heterocycles. The summed E-state index contributed by atoms with van der Waals surface area (Å²) in [6.45, 7) is 6.63. The van der Waals surface area contributed by atoms with Gasteiger partial charge in [0.15, 0.2) is 0 Å². The van der Waals surface area contributed by atoms with E-state index in [1.165, 1.54) is 0 Å². The first-order valence-corrected chi connectivity index (χ1v) is 10.9. The van der Waals surface area contributed by atoms with E-state index in [4.69, 9.17) is 14.7 Å². The van der Waals surface area contributed by atoms with E-state index in [-0.39, 0.29) is 0 Å². The molecule has 0 aliphatic heterocycles. The van der Waals surface area contributed by atoms with E-state index >= 15 is 0 Å². The van der Waals surface area contributed by atoms with Crippen LogP contribution in [0.1, 0.15) is 26.7 Å². The molecule has 3 aromatic rings. The van der Waals surface area contributed by atoms with E-state index in [9.17, 15) is 0 Å². The van der Waals surface area contributed by atoms with Crippen molar-refractivity contribution in [1.82, 2.24) is 9.97 Å². The lowest BCUT2D eigenvalue weighted by Crippen LogP contribution is -2.33. The van der Waals surface area contributed by atoms with Crippen molar-refractivity contribution in [2.75, 3.05) is 31.7 Å². The van der Waals surface area contributed by atoms with E-state index < -0.39 is 0 Å². The van der Waals surface area contributed by atoms with Gasteiger partial charge in [-0.15, -0.1) is 0 Å². The van der Waals surface area contributed by atoms with Crippen LogP contribution in [-0.2, 0) is 4.74 Å². The second kappa shape index (κ2) is 12.0. The molecule has 0 unspecified atom stereocenters. The first-order chi connectivity index (χ1) is 15.2. The van der Waals surface area contributed by atoms with Crippen LogP contribution in [0, 0.1) is 0 Å². The van der Waals surface area contributed by atoms with Crippen LogP contribution >= 0.6 is 0 Å². The number of nitrogens with zero attached hydrogens (tertiary/aromatic N) is 4. The van der Waals surface area contributed by atoms with Gasteiger partial charge >= 0.3 is 0 Å². The number of unbranched alkanes of at least 4 members (excludes halogenated alkanes) is 1. The highest BCUT2D eigenvalue weighted by Gasteiger charge is 2.17. The fraction of sp³-hybridized carbons (Fsp3) is 0.346. The number of ether oxygens (including phenoxy) is 1. The summed E-state index contributed by atoms with van der Waals surface area (Å²) in [6, 6.07) is 20.9. The van der Waals surface area contributed by atoms with Crippen molar-refractivity contribution in [3.05, 3.63) is 66.9 Å². The normalized spacial score (nSPS) is 11.4. The van der Waals surface area contributed by atoms with Crippen molar-refractivity contribution in [2.45, 2.75) is 32.7 Å². The van der Waals surface area contributed by atoms with Gasteiger partial charge in [-0.05, 0) is 26.7 Å². The molecule has 5 heteroatoms. The van der Waals surface area contributed by atoms with Gasteiger partial charge < -0.3 is 9.64 Å². The maximum Gasteiger partial charge on any atom is 0.148 e. The van der Waals surface area contributed by atoms with Gasteiger partial charge in [0.2, 0.25) is 0 Å². The van der Waals surface area contributed by atoms with Gasteiger partial charge in [0.05, 0.1) is 24.2 Å². The Kier molecular flexibility index (Phi) is 8.73. The summed E-state index contributed by atoms with van der Waals surface area (Å²) < 4.78 is 5.57. The zero-order valence-corrected chi connectivity index (χ0v) is 18.7. The number of hydrogen-bond acceptors (Lipinski definition) is 5. The number of benzene rings is 2. The van der Waals surface area contributed by atoms with Crippen molar-refractivity contribution in [3.8, 4) is 22.5 Å². The summed E-state index contributed by atoms with van der Waals surface area (Å²) in [5.74, 6) is 0.910. The predicted molar refractivity (Wildman–Crippen MR) is 130 cm³/mol. The van der Waals surface area contributed by atoms with Crippen LogP contribution < -0.4 is 4.90 Å². The summed E-state index contributed by atoms with van der Waals surface area (Å²) in [5, 5.41) is 0. The minimum atomic E-state index is 0.327. The molecule has 0 N–H and O–H groups in total. The van der Waals surface area contributed by atoms with Gasteiger partial charge in [-0.2, -0.15) is 0 Å². The molecule has 31 heavy (non-hydrogen) atoms. The van der Waals surface area contributed by atoms with Gasteiger partial charge in [-0.3, -0.25) is 9.98 Å². The topological polar surface area (TPSA) is 50.6 Å². The quantitative estimate of drug-likeness (QED) is 0.305. The van der Waals surface area contributed by atoms with Crippen LogP contribution in [0.4, 0.5) is 5.82 Å². The van der Waals surface area contributed by atoms with Crippen LogP contribution in [0.2, 0.25) is 0 Å². The van der Waals surface area contributed by atoms with E-state index in [0.29, 0.717) is 12.6 Å². The molecule has 0 spiro atoms. The molecule has 0 saturated heterocycles. The highest BCUT2D eigenvalue weighted by Crippen LogP contribution is 2.30. The maximum atomic E-state index is 5.57. The lowest BCUT2D eigenvalue weighted by atomic mass is 10.0. The van der Waals surface area contributed by atoms with Gasteiger partial charge in [-0.1, -0.05) is 60.7 Å². The van der Waals surface area contributed by atoms with Gasteiger partial charge in [0.1, 0.15) is 5.82 Å². The Morgan fingerprint density at radius 2 is 1.58 bits per heavy atom. The molecule has 1 aromatic heterocycles. The maximum absolute atomic E-state index is 5.57. The average Bonchev–Trinajstić information content (AvgIpc) is 2.81. The molecule has 0 atom stereocenters. The van der Waals surface area contributed by atoms with Gasteiger partial charge in [0.25, 0.3) is 0 Å². The number of aromatic nitrogens is 2. The monoisotopic (exact) mass is 416 g/mol. The second-order valence-electron chi connectivity index (χ2n) is 7.67. The molecular formula is C26H32N4O. The summed E-state index contributed by atoms with van der Waals surface area (Å²) in [7, 11) is 1.76. The first kappa shape index (κ1) is 22.6. The predicted octanol–water partition coefficient (Wildman–Crippen LogP) is 5.52. The molecule has 0 amide bonds. The van der Waals surface area contributed by atoms with Crippen molar-refractivity contribution in [3.63, 3.8) is 0 Å². The number of rotatable bonds is 11. The minimum Gasteiger partial charge on any atom is -0.376 e. The van der Waals surface area contributed by atoms with Crippen LogP contribution in [0.15, 0.2) is 71.9 Å². The Morgan fingerprint density at radius 3 is 2.19 bits per heavy atom. The van der Waals surface area contributed by atoms with E-state index in [1.807, 2.05) is 42.6 Å². The second-order valence-corrected chi connectivity index (χ2v) is 7.67. The average molecular weight is 417 g/mol. The zero-order chi connectivity index (χ0) is 21.9. The standard InChI is InChI=1S/C26H32N4O/c1-21(2)30(17-10-11-18-31-19-16-27-3)24-20-28-25(22-12-6-4-7-13-22)26(29-24)23-14-8-5-9-15-23/h4-9,12-16,20-21H,10-11,17-19H2,1-3H3/b27-16-. The molecule has 0 fully saturated rings. The summed E-state index contributed by atoms with van der Waals surface area (Å²) in [6.07, 6.45) is 5.73. The lowest BCUT2D eigenvalue weighted by molar-refractivity contribution is 0.169. The van der Waals surface area contributed by atoms with Gasteiger partial charge in [-0.25, -0.2) is 4.98 Å². The number of aliphatic imine (C=N–C) groups is 1. The molecule has 0 saturated carbocycles. The van der Waals surface area contributed by atoms with Crippen molar-refractivity contribution >= 4 is 12.0 Å². The van der Waals surface area contributed by atoms with Crippen LogP contribution in [0.5, 0.6) is 0 Å². The van der Waals surface area contributed by atoms with Crippen LogP contribution in [0.3, 0.4) is 0 Å². The molecule has 0 aliphatic rings. The zero-order valence-electron chi connectivity index (χ0n) is 18.7. The Hall–Kier alpha value is -3.05. The SMILES string of the molecule is C/N=C\COCCCCN(c1cnc(-c2ccccc2)c(-c2ccccc2)n1)C(C)C. The largest absolute Gasteiger partial charge is 0.376 e. The summed E-state index contributed by atoms with van der Waals surface area (Å²) in [5.41, 5.74) is 3.97. The fourth-order valence-corrected chi connectivity index (χ4v) is 3.46. The minimum absolute atomic E-state index is 0.327. The summed E-state index contributed by atoms with van der Waals surface area (Å²) >= 11 is 0. The molecule has 2 aromatic carbocycles. The molecule has 0 aliphatic carbocycles. The van der Waals surface area contributed by atoms with Crippen LogP contribution in [-0.4, -0.2) is 49.0 Å². The Balaban J connectivity index is 1.82. The van der Waals surface area contributed by atoms with Crippen LogP contribution in [0.25, 0.3) is 22.5 Å². The molecule has 3 rings (SSSR count). The molecule has 0 radical (unpaired) electrons. The molecule has 5 nitrogen and oxygen atoms in total. The lowest BCUT2D eigenvalue weighted by Gasteiger charge is -2.28. The Bertz CT molecular complexity index is 942.